The third-order valence-corrected chi connectivity index (χ3v) is 6.66. The lowest BCUT2D eigenvalue weighted by Crippen LogP contribution is -2.37. The van der Waals surface area contributed by atoms with Crippen LogP contribution in [0.1, 0.15) is 16.5 Å². The van der Waals surface area contributed by atoms with E-state index in [1.54, 1.807) is 24.3 Å². The lowest BCUT2D eigenvalue weighted by atomic mass is 9.95. The van der Waals surface area contributed by atoms with Crippen molar-refractivity contribution >= 4 is 46.1 Å². The van der Waals surface area contributed by atoms with Gasteiger partial charge in [-0.3, -0.25) is 14.4 Å². The van der Waals surface area contributed by atoms with Gasteiger partial charge in [-0.2, -0.15) is 13.2 Å². The van der Waals surface area contributed by atoms with Crippen LogP contribution < -0.4 is 9.96 Å². The molecule has 2 fully saturated rings. The van der Waals surface area contributed by atoms with E-state index in [1.807, 2.05) is 17.5 Å². The SMILES string of the molecule is O=C1[C@@H]2[C@@H](ON(c3ccc(Cl)cc3)[C@H]2c2cccs2)C(=O)N1c1cccc(C(F)(F)F)c1. The zero-order valence-electron chi connectivity index (χ0n) is 16.1. The number of carbonyl (C=O) groups excluding carboxylic acids is 2. The second kappa shape index (κ2) is 7.61. The smallest absolute Gasteiger partial charge is 0.273 e. The fraction of sp³-hybridized carbons (Fsp3) is 0.182. The molecule has 1 aromatic heterocycles. The largest absolute Gasteiger partial charge is 0.416 e. The zero-order valence-corrected chi connectivity index (χ0v) is 17.7. The molecular weight excluding hydrogens is 465 g/mol. The number of hydrogen-bond acceptors (Lipinski definition) is 5. The molecule has 0 spiro atoms. The Morgan fingerprint density at radius 3 is 2.34 bits per heavy atom. The predicted molar refractivity (Wildman–Crippen MR) is 113 cm³/mol. The van der Waals surface area contributed by atoms with Crippen molar-refractivity contribution in [1.82, 2.24) is 0 Å². The van der Waals surface area contributed by atoms with E-state index in [4.69, 9.17) is 16.4 Å². The highest BCUT2D eigenvalue weighted by Gasteiger charge is 2.60. The molecule has 0 unspecified atom stereocenters. The molecule has 2 amide bonds. The van der Waals surface area contributed by atoms with Crippen LogP contribution in [-0.4, -0.2) is 17.9 Å². The molecule has 0 saturated carbocycles. The van der Waals surface area contributed by atoms with Gasteiger partial charge in [-0.25, -0.2) is 9.96 Å². The molecule has 2 saturated heterocycles. The second-order valence-corrected chi connectivity index (χ2v) is 8.79. The van der Waals surface area contributed by atoms with Crippen molar-refractivity contribution < 1.29 is 27.6 Å². The first kappa shape index (κ1) is 21.0. The fourth-order valence-corrected chi connectivity index (χ4v) is 5.03. The van der Waals surface area contributed by atoms with Gasteiger partial charge >= 0.3 is 6.18 Å². The van der Waals surface area contributed by atoms with Gasteiger partial charge in [0.15, 0.2) is 6.10 Å². The second-order valence-electron chi connectivity index (χ2n) is 7.37. The lowest BCUT2D eigenvalue weighted by Gasteiger charge is -2.28. The lowest BCUT2D eigenvalue weighted by molar-refractivity contribution is -0.137. The molecule has 2 aliphatic heterocycles. The van der Waals surface area contributed by atoms with Gasteiger partial charge < -0.3 is 0 Å². The van der Waals surface area contributed by atoms with Crippen LogP contribution in [0.2, 0.25) is 5.02 Å². The molecule has 3 heterocycles. The van der Waals surface area contributed by atoms with Crippen LogP contribution in [0, 0.1) is 5.92 Å². The summed E-state index contributed by atoms with van der Waals surface area (Å²) in [7, 11) is 0. The molecule has 5 rings (SSSR count). The van der Waals surface area contributed by atoms with Gasteiger partial charge in [0.05, 0.1) is 16.9 Å². The number of alkyl halides is 3. The number of anilines is 2. The van der Waals surface area contributed by atoms with Gasteiger partial charge in [-0.15, -0.1) is 11.3 Å². The van der Waals surface area contributed by atoms with E-state index >= 15 is 0 Å². The minimum absolute atomic E-state index is 0.129. The molecule has 3 aromatic rings. The van der Waals surface area contributed by atoms with Crippen LogP contribution in [-0.2, 0) is 20.6 Å². The summed E-state index contributed by atoms with van der Waals surface area (Å²) in [6.45, 7) is 0. The van der Waals surface area contributed by atoms with E-state index < -0.39 is 41.6 Å². The number of rotatable bonds is 3. The number of amides is 2. The molecule has 3 atom stereocenters. The third-order valence-electron chi connectivity index (χ3n) is 5.46. The van der Waals surface area contributed by atoms with Crippen LogP contribution in [0.5, 0.6) is 0 Å². The monoisotopic (exact) mass is 478 g/mol. The Balaban J connectivity index is 1.54. The molecule has 32 heavy (non-hydrogen) atoms. The Labute approximate surface area is 189 Å². The van der Waals surface area contributed by atoms with Gasteiger partial charge in [0.2, 0.25) is 5.91 Å². The number of hydroxylamine groups is 1. The molecule has 0 bridgehead atoms. The number of benzene rings is 2. The van der Waals surface area contributed by atoms with E-state index in [1.165, 1.54) is 28.5 Å². The summed E-state index contributed by atoms with van der Waals surface area (Å²) in [5.74, 6) is -2.21. The summed E-state index contributed by atoms with van der Waals surface area (Å²) >= 11 is 7.37. The Kier molecular flexibility index (Phi) is 4.99. The maximum Gasteiger partial charge on any atom is 0.416 e. The predicted octanol–water partition coefficient (Wildman–Crippen LogP) is 5.47. The Bertz CT molecular complexity index is 1180. The summed E-state index contributed by atoms with van der Waals surface area (Å²) in [6.07, 6.45) is -5.75. The van der Waals surface area contributed by atoms with Gasteiger partial charge in [0.1, 0.15) is 12.0 Å². The van der Waals surface area contributed by atoms with E-state index in [-0.39, 0.29) is 5.69 Å². The van der Waals surface area contributed by atoms with Crippen molar-refractivity contribution in [3.63, 3.8) is 0 Å². The third kappa shape index (κ3) is 3.37. The van der Waals surface area contributed by atoms with Crippen molar-refractivity contribution in [2.24, 2.45) is 5.92 Å². The summed E-state index contributed by atoms with van der Waals surface area (Å²) < 4.78 is 39.5. The van der Waals surface area contributed by atoms with Gasteiger partial charge in [0.25, 0.3) is 5.91 Å². The van der Waals surface area contributed by atoms with Crippen LogP contribution in [0.15, 0.2) is 66.0 Å². The number of nitrogens with zero attached hydrogens (tertiary/aromatic N) is 2. The quantitative estimate of drug-likeness (QED) is 0.468. The molecule has 0 aliphatic carbocycles. The first-order valence-corrected chi connectivity index (χ1v) is 10.8. The van der Waals surface area contributed by atoms with Crippen molar-refractivity contribution in [1.29, 1.82) is 0 Å². The number of imide groups is 1. The summed E-state index contributed by atoms with van der Waals surface area (Å²) in [5.41, 5.74) is -0.463. The molecule has 2 aromatic carbocycles. The van der Waals surface area contributed by atoms with Crippen molar-refractivity contribution in [3.8, 4) is 0 Å². The minimum Gasteiger partial charge on any atom is -0.273 e. The number of carbonyl (C=O) groups is 2. The molecule has 10 heteroatoms. The van der Waals surface area contributed by atoms with E-state index in [2.05, 4.69) is 0 Å². The molecular formula is C22H14ClF3N2O3S. The molecule has 164 valence electrons. The van der Waals surface area contributed by atoms with Gasteiger partial charge in [-0.1, -0.05) is 23.7 Å². The Morgan fingerprint density at radius 2 is 1.69 bits per heavy atom. The normalized spacial score (nSPS) is 23.2. The van der Waals surface area contributed by atoms with Crippen LogP contribution >= 0.6 is 22.9 Å². The van der Waals surface area contributed by atoms with Crippen LogP contribution in [0.3, 0.4) is 0 Å². The molecule has 2 aliphatic rings. The maximum absolute atomic E-state index is 13.4. The number of thiophene rings is 1. The Morgan fingerprint density at radius 1 is 0.938 bits per heavy atom. The molecule has 0 radical (unpaired) electrons. The zero-order chi connectivity index (χ0) is 22.6. The highest BCUT2D eigenvalue weighted by Crippen LogP contribution is 2.49. The van der Waals surface area contributed by atoms with Crippen molar-refractivity contribution in [2.75, 3.05) is 9.96 Å². The summed E-state index contributed by atoms with van der Waals surface area (Å²) in [4.78, 5) is 34.1. The maximum atomic E-state index is 13.4. The number of halogens is 4. The topological polar surface area (TPSA) is 49.9 Å². The highest BCUT2D eigenvalue weighted by atomic mass is 35.5. The van der Waals surface area contributed by atoms with E-state index in [9.17, 15) is 22.8 Å². The van der Waals surface area contributed by atoms with Crippen molar-refractivity contribution in [2.45, 2.75) is 18.3 Å². The first-order chi connectivity index (χ1) is 15.3. The minimum atomic E-state index is -4.60. The van der Waals surface area contributed by atoms with Crippen LogP contribution in [0.25, 0.3) is 0 Å². The first-order valence-electron chi connectivity index (χ1n) is 9.56. The summed E-state index contributed by atoms with van der Waals surface area (Å²) in [5, 5.41) is 3.87. The van der Waals surface area contributed by atoms with Gasteiger partial charge in [-0.05, 0) is 53.9 Å². The standard InChI is InChI=1S/C22H14ClF3N2O3S/c23-13-6-8-14(9-7-13)28-18(16-5-2-10-32-16)17-19(31-28)21(30)27(20(17)29)15-4-1-3-12(11-15)22(24,25)26/h1-11,17-19H/t17-,18-,19+/m0/s1. The van der Waals surface area contributed by atoms with Gasteiger partial charge in [0, 0.05) is 9.90 Å². The molecule has 0 N–H and O–H groups in total. The average molecular weight is 479 g/mol. The van der Waals surface area contributed by atoms with E-state index in [0.29, 0.717) is 10.7 Å². The van der Waals surface area contributed by atoms with Crippen LogP contribution in [0.4, 0.5) is 24.5 Å². The summed E-state index contributed by atoms with van der Waals surface area (Å²) in [6, 6.07) is 14.0. The molecule has 5 nitrogen and oxygen atoms in total. The highest BCUT2D eigenvalue weighted by molar-refractivity contribution is 7.10. The Hall–Kier alpha value is -2.88. The number of fused-ring (bicyclic) bond motifs is 1. The average Bonchev–Trinajstić information content (AvgIpc) is 3.46. The van der Waals surface area contributed by atoms with E-state index in [0.717, 1.165) is 21.9 Å². The fourth-order valence-electron chi connectivity index (χ4n) is 4.05. The van der Waals surface area contributed by atoms with Crippen molar-refractivity contribution in [3.05, 3.63) is 81.5 Å². The number of hydrogen-bond donors (Lipinski definition) is 0.